The Bertz CT molecular complexity index is 2810. The molecule has 0 unspecified atom stereocenters. The van der Waals surface area contributed by atoms with Crippen LogP contribution >= 0.6 is 11.3 Å². The zero-order valence-electron chi connectivity index (χ0n) is 24.6. The van der Waals surface area contributed by atoms with Gasteiger partial charge in [0, 0.05) is 58.4 Å². The molecule has 0 saturated heterocycles. The lowest BCUT2D eigenvalue weighted by Gasteiger charge is -2.09. The van der Waals surface area contributed by atoms with E-state index in [4.69, 9.17) is 23.8 Å². The van der Waals surface area contributed by atoms with Crippen molar-refractivity contribution in [2.24, 2.45) is 0 Å². The predicted octanol–water partition coefficient (Wildman–Crippen LogP) is 10.9. The summed E-state index contributed by atoms with van der Waals surface area (Å²) in [5, 5.41) is 15.9. The molecule has 0 radical (unpaired) electrons. The van der Waals surface area contributed by atoms with Gasteiger partial charge in [0.15, 0.2) is 17.5 Å². The zero-order chi connectivity index (χ0) is 31.1. The first kappa shape index (κ1) is 25.9. The Morgan fingerprint density at radius 3 is 1.62 bits per heavy atom. The molecule has 0 amide bonds. The second-order valence-corrected chi connectivity index (χ2v) is 12.6. The van der Waals surface area contributed by atoms with Gasteiger partial charge in [-0.25, -0.2) is 15.0 Å². The van der Waals surface area contributed by atoms with Crippen LogP contribution in [0.2, 0.25) is 0 Å². The van der Waals surface area contributed by atoms with Crippen molar-refractivity contribution in [3.8, 4) is 40.2 Å². The van der Waals surface area contributed by atoms with Crippen molar-refractivity contribution in [3.05, 3.63) is 127 Å². The van der Waals surface area contributed by atoms with E-state index in [0.717, 1.165) is 49.4 Å². The van der Waals surface area contributed by atoms with Gasteiger partial charge in [0.2, 0.25) is 0 Å². The topological polar surface area (TPSA) is 88.7 Å². The molecule has 0 bridgehead atoms. The second kappa shape index (κ2) is 9.82. The van der Waals surface area contributed by atoms with E-state index < -0.39 is 0 Å². The molecule has 0 atom stereocenters. The normalized spacial score (nSPS) is 11.8. The fourth-order valence-corrected chi connectivity index (χ4v) is 7.62. The minimum Gasteiger partial charge on any atom is -0.456 e. The van der Waals surface area contributed by atoms with Crippen LogP contribution in [0.4, 0.5) is 0 Å². The van der Waals surface area contributed by atoms with Crippen molar-refractivity contribution in [1.82, 2.24) is 15.0 Å². The first-order valence-electron chi connectivity index (χ1n) is 15.1. The molecule has 47 heavy (non-hydrogen) atoms. The fraction of sp³-hybridized carbons (Fsp3) is 0. The highest BCUT2D eigenvalue weighted by atomic mass is 32.1. The second-order valence-electron chi connectivity index (χ2n) is 11.6. The van der Waals surface area contributed by atoms with Gasteiger partial charge in [-0.05, 0) is 60.7 Å². The lowest BCUT2D eigenvalue weighted by molar-refractivity contribution is 0.668. The molecular weight excluding hydrogens is 601 g/mol. The molecule has 4 heterocycles. The third kappa shape index (κ3) is 4.06. The van der Waals surface area contributed by atoms with Crippen LogP contribution in [-0.2, 0) is 0 Å². The summed E-state index contributed by atoms with van der Waals surface area (Å²) in [7, 11) is 0. The molecule has 218 valence electrons. The maximum atomic E-state index is 9.38. The fourth-order valence-electron chi connectivity index (χ4n) is 6.48. The molecule has 6 aromatic carbocycles. The van der Waals surface area contributed by atoms with Gasteiger partial charge in [0.05, 0.1) is 11.6 Å². The van der Waals surface area contributed by atoms with Crippen molar-refractivity contribution < 1.29 is 8.83 Å². The summed E-state index contributed by atoms with van der Waals surface area (Å²) in [5.74, 6) is 1.66. The largest absolute Gasteiger partial charge is 0.456 e. The third-order valence-corrected chi connectivity index (χ3v) is 9.90. The molecule has 0 N–H and O–H groups in total. The lowest BCUT2D eigenvalue weighted by atomic mass is 10.1. The summed E-state index contributed by atoms with van der Waals surface area (Å²) in [6.45, 7) is 0. The van der Waals surface area contributed by atoms with Crippen LogP contribution in [0.1, 0.15) is 5.56 Å². The quantitative estimate of drug-likeness (QED) is 0.195. The summed E-state index contributed by atoms with van der Waals surface area (Å²) in [6, 6.07) is 42.7. The SMILES string of the molecule is N#Cc1ccc2c(c1)oc1cc(-c3nc(-c4ccc5c(c4)oc4ccccc45)nc(-c4ccc5c(c4)sc4ccccc45)n3)ccc12. The lowest BCUT2D eigenvalue weighted by Crippen LogP contribution is -2.00. The molecule has 0 spiro atoms. The number of hydrogen-bond donors (Lipinski definition) is 0. The number of thiophene rings is 1. The van der Waals surface area contributed by atoms with Crippen LogP contribution < -0.4 is 0 Å². The maximum absolute atomic E-state index is 9.38. The first-order chi connectivity index (χ1) is 23.2. The number of nitriles is 1. The number of nitrogens with zero attached hydrogens (tertiary/aromatic N) is 4. The molecule has 6 nitrogen and oxygen atoms in total. The van der Waals surface area contributed by atoms with Gasteiger partial charge in [0.1, 0.15) is 22.3 Å². The molecule has 0 aliphatic rings. The molecular formula is C40H20N4O2S. The smallest absolute Gasteiger partial charge is 0.164 e. The summed E-state index contributed by atoms with van der Waals surface area (Å²) in [5.41, 5.74) is 6.09. The van der Waals surface area contributed by atoms with Crippen molar-refractivity contribution in [3.63, 3.8) is 0 Å². The number of para-hydroxylation sites is 1. The van der Waals surface area contributed by atoms with E-state index in [1.54, 1.807) is 17.4 Å². The molecule has 10 aromatic rings. The monoisotopic (exact) mass is 620 g/mol. The van der Waals surface area contributed by atoms with E-state index in [2.05, 4.69) is 60.7 Å². The van der Waals surface area contributed by atoms with Crippen LogP contribution in [0.5, 0.6) is 0 Å². The van der Waals surface area contributed by atoms with E-state index >= 15 is 0 Å². The number of benzene rings is 6. The van der Waals surface area contributed by atoms with Crippen molar-refractivity contribution >= 4 is 75.4 Å². The van der Waals surface area contributed by atoms with Gasteiger partial charge < -0.3 is 8.83 Å². The van der Waals surface area contributed by atoms with E-state index in [-0.39, 0.29) is 0 Å². The predicted molar refractivity (Wildman–Crippen MR) is 188 cm³/mol. The minimum atomic E-state index is 0.534. The molecule has 4 aromatic heterocycles. The third-order valence-electron chi connectivity index (χ3n) is 8.77. The molecule has 7 heteroatoms. The van der Waals surface area contributed by atoms with Gasteiger partial charge in [0.25, 0.3) is 0 Å². The number of hydrogen-bond acceptors (Lipinski definition) is 7. The van der Waals surface area contributed by atoms with Crippen LogP contribution in [0.25, 0.3) is 98.2 Å². The summed E-state index contributed by atoms with van der Waals surface area (Å²) >= 11 is 1.76. The van der Waals surface area contributed by atoms with Crippen molar-refractivity contribution in [2.75, 3.05) is 0 Å². The Kier molecular flexibility index (Phi) is 5.41. The number of furan rings is 2. The van der Waals surface area contributed by atoms with E-state index in [1.165, 1.54) is 20.2 Å². The Labute approximate surface area is 270 Å². The summed E-state index contributed by atoms with van der Waals surface area (Å²) in [4.78, 5) is 15.0. The minimum absolute atomic E-state index is 0.534. The van der Waals surface area contributed by atoms with Gasteiger partial charge in [-0.2, -0.15) is 5.26 Å². The number of fused-ring (bicyclic) bond motifs is 9. The molecule has 0 fully saturated rings. The maximum Gasteiger partial charge on any atom is 0.164 e. The molecule has 0 aliphatic heterocycles. The number of rotatable bonds is 3. The highest BCUT2D eigenvalue weighted by molar-refractivity contribution is 7.25. The van der Waals surface area contributed by atoms with Crippen molar-refractivity contribution in [2.45, 2.75) is 0 Å². The van der Waals surface area contributed by atoms with Crippen LogP contribution in [-0.4, -0.2) is 15.0 Å². The van der Waals surface area contributed by atoms with Gasteiger partial charge in [-0.15, -0.1) is 11.3 Å². The van der Waals surface area contributed by atoms with Gasteiger partial charge in [-0.1, -0.05) is 60.7 Å². The van der Waals surface area contributed by atoms with Gasteiger partial charge in [-0.3, -0.25) is 0 Å². The Balaban J connectivity index is 1.17. The Morgan fingerprint density at radius 1 is 0.447 bits per heavy atom. The van der Waals surface area contributed by atoms with Crippen molar-refractivity contribution in [1.29, 1.82) is 5.26 Å². The van der Waals surface area contributed by atoms with Gasteiger partial charge >= 0.3 is 0 Å². The van der Waals surface area contributed by atoms with Crippen LogP contribution in [0, 0.1) is 11.3 Å². The number of aromatic nitrogens is 3. The Hall–Kier alpha value is -6.36. The van der Waals surface area contributed by atoms with E-state index in [1.807, 2.05) is 60.7 Å². The van der Waals surface area contributed by atoms with E-state index in [9.17, 15) is 5.26 Å². The standard InChI is InChI=1S/C40H20N4O2S/c41-21-22-9-13-27-29-15-11-24(19-35(29)46-33(27)17-22)39-42-38(23-10-14-28-26-5-1-3-7-32(26)45-34(28)18-23)43-40(44-39)25-12-16-31-30-6-2-4-8-36(30)47-37(31)20-25/h1-20H. The highest BCUT2D eigenvalue weighted by Gasteiger charge is 2.17. The average Bonchev–Trinajstić information content (AvgIpc) is 3.80. The first-order valence-corrected chi connectivity index (χ1v) is 16.0. The van der Waals surface area contributed by atoms with Crippen LogP contribution in [0.3, 0.4) is 0 Å². The summed E-state index contributed by atoms with van der Waals surface area (Å²) in [6.07, 6.45) is 0. The molecule has 10 rings (SSSR count). The highest BCUT2D eigenvalue weighted by Crippen LogP contribution is 2.38. The molecule has 0 aliphatic carbocycles. The van der Waals surface area contributed by atoms with E-state index in [0.29, 0.717) is 34.2 Å². The summed E-state index contributed by atoms with van der Waals surface area (Å²) < 4.78 is 14.8. The zero-order valence-corrected chi connectivity index (χ0v) is 25.4. The average molecular weight is 621 g/mol. The molecule has 0 saturated carbocycles. The van der Waals surface area contributed by atoms with Crippen LogP contribution in [0.15, 0.2) is 130 Å². The Morgan fingerprint density at radius 2 is 0.936 bits per heavy atom.